The van der Waals surface area contributed by atoms with Crippen LogP contribution in [-0.4, -0.2) is 46.0 Å². The molecular formula is C13H25N3O3S. The van der Waals surface area contributed by atoms with Gasteiger partial charge in [0.15, 0.2) is 0 Å². The summed E-state index contributed by atoms with van der Waals surface area (Å²) in [5, 5.41) is 3.05. The highest BCUT2D eigenvalue weighted by atomic mass is 32.2. The van der Waals surface area contributed by atoms with E-state index in [0.29, 0.717) is 31.4 Å². The lowest BCUT2D eigenvalue weighted by molar-refractivity contribution is 0.278. The second-order valence-corrected chi connectivity index (χ2v) is 6.67. The zero-order valence-electron chi connectivity index (χ0n) is 12.6. The standard InChI is InChI=1S/C13H25N3O3S/c1-5-14-10-12-6-7-13(19-12)20(17,18)15-8-9-16(4)11(2)3/h6-7,11,14-15H,5,8-10H2,1-4H3. The number of nitrogens with zero attached hydrogens (tertiary/aromatic N) is 1. The summed E-state index contributed by atoms with van der Waals surface area (Å²) in [4.78, 5) is 2.07. The molecule has 7 heteroatoms. The van der Waals surface area contributed by atoms with E-state index in [1.807, 2.05) is 14.0 Å². The fourth-order valence-electron chi connectivity index (χ4n) is 1.53. The summed E-state index contributed by atoms with van der Waals surface area (Å²) in [7, 11) is -1.60. The van der Waals surface area contributed by atoms with Gasteiger partial charge in [-0.3, -0.25) is 0 Å². The van der Waals surface area contributed by atoms with Gasteiger partial charge in [-0.05, 0) is 39.6 Å². The van der Waals surface area contributed by atoms with Crippen LogP contribution in [0.1, 0.15) is 26.5 Å². The molecule has 0 radical (unpaired) electrons. The summed E-state index contributed by atoms with van der Waals surface area (Å²) < 4.78 is 31.9. The molecule has 0 aliphatic heterocycles. The third-order valence-electron chi connectivity index (χ3n) is 3.09. The van der Waals surface area contributed by atoms with E-state index in [1.54, 1.807) is 6.07 Å². The first kappa shape index (κ1) is 17.2. The molecule has 0 fully saturated rings. The Morgan fingerprint density at radius 2 is 2.05 bits per heavy atom. The van der Waals surface area contributed by atoms with Crippen molar-refractivity contribution in [1.29, 1.82) is 0 Å². The fraction of sp³-hybridized carbons (Fsp3) is 0.692. The molecule has 20 heavy (non-hydrogen) atoms. The van der Waals surface area contributed by atoms with Crippen molar-refractivity contribution in [2.45, 2.75) is 38.5 Å². The number of hydrogen-bond acceptors (Lipinski definition) is 5. The Hall–Kier alpha value is -0.890. The highest BCUT2D eigenvalue weighted by Gasteiger charge is 2.18. The lowest BCUT2D eigenvalue weighted by Gasteiger charge is -2.20. The van der Waals surface area contributed by atoms with Crippen LogP contribution in [0.3, 0.4) is 0 Å². The van der Waals surface area contributed by atoms with Crippen molar-refractivity contribution in [3.8, 4) is 0 Å². The largest absolute Gasteiger partial charge is 0.447 e. The van der Waals surface area contributed by atoms with Crippen LogP contribution in [-0.2, 0) is 16.6 Å². The molecule has 0 spiro atoms. The van der Waals surface area contributed by atoms with Crippen LogP contribution in [0, 0.1) is 0 Å². The molecule has 1 aromatic rings. The van der Waals surface area contributed by atoms with E-state index in [1.165, 1.54) is 6.07 Å². The molecule has 0 amide bonds. The third kappa shape index (κ3) is 5.24. The molecule has 0 aliphatic carbocycles. The number of sulfonamides is 1. The van der Waals surface area contributed by atoms with Crippen LogP contribution < -0.4 is 10.0 Å². The summed E-state index contributed by atoms with van der Waals surface area (Å²) in [6.07, 6.45) is 0. The Balaban J connectivity index is 2.53. The average molecular weight is 303 g/mol. The van der Waals surface area contributed by atoms with Gasteiger partial charge in [0.05, 0.1) is 6.54 Å². The molecule has 0 aliphatic rings. The molecule has 0 atom stereocenters. The molecule has 0 saturated carbocycles. The van der Waals surface area contributed by atoms with E-state index >= 15 is 0 Å². The molecule has 0 unspecified atom stereocenters. The molecule has 0 saturated heterocycles. The molecule has 116 valence electrons. The molecule has 0 aromatic carbocycles. The van der Waals surface area contributed by atoms with Gasteiger partial charge in [-0.25, -0.2) is 13.1 Å². The number of hydrogen-bond donors (Lipinski definition) is 2. The maximum absolute atomic E-state index is 12.0. The van der Waals surface area contributed by atoms with Crippen molar-refractivity contribution in [3.63, 3.8) is 0 Å². The van der Waals surface area contributed by atoms with E-state index in [9.17, 15) is 8.42 Å². The molecule has 1 rings (SSSR count). The predicted molar refractivity (Wildman–Crippen MR) is 79.0 cm³/mol. The van der Waals surface area contributed by atoms with Gasteiger partial charge in [0.25, 0.3) is 10.0 Å². The zero-order chi connectivity index (χ0) is 15.2. The Morgan fingerprint density at radius 3 is 2.65 bits per heavy atom. The van der Waals surface area contributed by atoms with Crippen molar-refractivity contribution in [3.05, 3.63) is 17.9 Å². The topological polar surface area (TPSA) is 74.6 Å². The molecule has 6 nitrogen and oxygen atoms in total. The van der Waals surface area contributed by atoms with E-state index < -0.39 is 10.0 Å². The maximum Gasteiger partial charge on any atom is 0.274 e. The van der Waals surface area contributed by atoms with Crippen molar-refractivity contribution >= 4 is 10.0 Å². The van der Waals surface area contributed by atoms with Crippen LogP contribution in [0.15, 0.2) is 21.6 Å². The van der Waals surface area contributed by atoms with E-state index in [2.05, 4.69) is 28.8 Å². The summed E-state index contributed by atoms with van der Waals surface area (Å²) in [5.74, 6) is 0.617. The number of nitrogens with one attached hydrogen (secondary N) is 2. The molecular weight excluding hydrogens is 278 g/mol. The lowest BCUT2D eigenvalue weighted by Crippen LogP contribution is -2.36. The Labute approximate surface area is 121 Å². The first-order valence-corrected chi connectivity index (χ1v) is 8.34. The number of rotatable bonds is 9. The minimum Gasteiger partial charge on any atom is -0.447 e. The molecule has 1 aromatic heterocycles. The Morgan fingerprint density at radius 1 is 1.35 bits per heavy atom. The zero-order valence-corrected chi connectivity index (χ0v) is 13.5. The van der Waals surface area contributed by atoms with Crippen LogP contribution >= 0.6 is 0 Å². The Bertz CT molecular complexity index is 497. The minimum atomic E-state index is -3.56. The second-order valence-electron chi connectivity index (χ2n) is 4.97. The van der Waals surface area contributed by atoms with E-state index in [4.69, 9.17) is 4.42 Å². The summed E-state index contributed by atoms with van der Waals surface area (Å²) in [6, 6.07) is 3.55. The van der Waals surface area contributed by atoms with Gasteiger partial charge in [-0.1, -0.05) is 6.92 Å². The highest BCUT2D eigenvalue weighted by molar-refractivity contribution is 7.89. The van der Waals surface area contributed by atoms with Gasteiger partial charge < -0.3 is 14.6 Å². The fourth-order valence-corrected chi connectivity index (χ4v) is 2.50. The van der Waals surface area contributed by atoms with Crippen molar-refractivity contribution in [1.82, 2.24) is 14.9 Å². The summed E-state index contributed by atoms with van der Waals surface area (Å²) in [6.45, 7) is 8.46. The van der Waals surface area contributed by atoms with E-state index in [0.717, 1.165) is 6.54 Å². The normalized spacial score (nSPS) is 12.5. The first-order valence-electron chi connectivity index (χ1n) is 6.86. The van der Waals surface area contributed by atoms with Crippen molar-refractivity contribution in [2.75, 3.05) is 26.7 Å². The SMILES string of the molecule is CCNCc1ccc(S(=O)(=O)NCCN(C)C(C)C)o1. The third-order valence-corrected chi connectivity index (χ3v) is 4.42. The minimum absolute atomic E-state index is 0.0300. The number of furan rings is 1. The molecule has 2 N–H and O–H groups in total. The van der Waals surface area contributed by atoms with Gasteiger partial charge in [0.2, 0.25) is 5.09 Å². The molecule has 1 heterocycles. The van der Waals surface area contributed by atoms with Gasteiger partial charge in [-0.2, -0.15) is 0 Å². The van der Waals surface area contributed by atoms with Gasteiger partial charge in [0.1, 0.15) is 5.76 Å². The van der Waals surface area contributed by atoms with Crippen LogP contribution in [0.5, 0.6) is 0 Å². The quantitative estimate of drug-likeness (QED) is 0.712. The maximum atomic E-state index is 12.0. The molecule has 0 bridgehead atoms. The van der Waals surface area contributed by atoms with Gasteiger partial charge >= 0.3 is 0 Å². The average Bonchev–Trinajstić information content (AvgIpc) is 2.85. The smallest absolute Gasteiger partial charge is 0.274 e. The van der Waals surface area contributed by atoms with Crippen molar-refractivity contribution < 1.29 is 12.8 Å². The monoisotopic (exact) mass is 303 g/mol. The van der Waals surface area contributed by atoms with Gasteiger partial charge in [0, 0.05) is 19.1 Å². The first-order chi connectivity index (χ1) is 9.36. The summed E-state index contributed by atoms with van der Waals surface area (Å²) in [5.41, 5.74) is 0. The Kier molecular flexibility index (Phi) is 6.67. The van der Waals surface area contributed by atoms with Crippen molar-refractivity contribution in [2.24, 2.45) is 0 Å². The number of likely N-dealkylation sites (N-methyl/N-ethyl adjacent to an activating group) is 1. The predicted octanol–water partition coefficient (Wildman–Crippen LogP) is 1.01. The van der Waals surface area contributed by atoms with Crippen LogP contribution in [0.25, 0.3) is 0 Å². The van der Waals surface area contributed by atoms with Crippen LogP contribution in [0.4, 0.5) is 0 Å². The summed E-state index contributed by atoms with van der Waals surface area (Å²) >= 11 is 0. The van der Waals surface area contributed by atoms with E-state index in [-0.39, 0.29) is 5.09 Å². The lowest BCUT2D eigenvalue weighted by atomic mass is 10.3. The van der Waals surface area contributed by atoms with Gasteiger partial charge in [-0.15, -0.1) is 0 Å². The van der Waals surface area contributed by atoms with Crippen LogP contribution in [0.2, 0.25) is 0 Å². The second kappa shape index (κ2) is 7.78. The highest BCUT2D eigenvalue weighted by Crippen LogP contribution is 2.13.